The molecule has 0 spiro atoms. The van der Waals surface area contributed by atoms with E-state index in [0.29, 0.717) is 0 Å². The third-order valence-electron chi connectivity index (χ3n) is 4.50. The molecule has 1 aliphatic heterocycles. The van der Waals surface area contributed by atoms with Crippen LogP contribution < -0.4 is 5.32 Å². The predicted molar refractivity (Wildman–Crippen MR) is 89.7 cm³/mol. The van der Waals surface area contributed by atoms with E-state index in [-0.39, 0.29) is 0 Å². The number of hydrogen-bond donors (Lipinski definition) is 1. The van der Waals surface area contributed by atoms with Gasteiger partial charge in [0.15, 0.2) is 0 Å². The molecule has 0 atom stereocenters. The number of aryl methyl sites for hydroxylation is 1. The van der Waals surface area contributed by atoms with E-state index in [1.54, 1.807) is 0 Å². The first-order chi connectivity index (χ1) is 10.3. The van der Waals surface area contributed by atoms with Gasteiger partial charge in [0.1, 0.15) is 5.01 Å². The SMILES string of the molecule is CCCc1nc(CN2CCCCCC2)sc1CNC1CC1. The molecule has 4 heteroatoms. The minimum absolute atomic E-state index is 0.788. The number of thiazole rings is 1. The van der Waals surface area contributed by atoms with Gasteiger partial charge in [-0.05, 0) is 45.2 Å². The summed E-state index contributed by atoms with van der Waals surface area (Å²) < 4.78 is 0. The zero-order chi connectivity index (χ0) is 14.5. The largest absolute Gasteiger partial charge is 0.309 e. The van der Waals surface area contributed by atoms with Crippen LogP contribution in [-0.2, 0) is 19.5 Å². The fraction of sp³-hybridized carbons (Fsp3) is 0.824. The number of aromatic nitrogens is 1. The molecule has 21 heavy (non-hydrogen) atoms. The lowest BCUT2D eigenvalue weighted by molar-refractivity contribution is 0.276. The number of hydrogen-bond acceptors (Lipinski definition) is 4. The quantitative estimate of drug-likeness (QED) is 0.832. The van der Waals surface area contributed by atoms with E-state index in [1.165, 1.54) is 73.6 Å². The van der Waals surface area contributed by atoms with Crippen LogP contribution in [0.5, 0.6) is 0 Å². The van der Waals surface area contributed by atoms with Crippen molar-refractivity contribution < 1.29 is 0 Å². The fourth-order valence-electron chi connectivity index (χ4n) is 3.08. The molecule has 1 saturated carbocycles. The first kappa shape index (κ1) is 15.4. The summed E-state index contributed by atoms with van der Waals surface area (Å²) in [5, 5.41) is 5.00. The van der Waals surface area contributed by atoms with Crippen molar-refractivity contribution in [3.8, 4) is 0 Å². The van der Waals surface area contributed by atoms with Crippen molar-refractivity contribution in [1.29, 1.82) is 0 Å². The van der Waals surface area contributed by atoms with Gasteiger partial charge >= 0.3 is 0 Å². The van der Waals surface area contributed by atoms with Gasteiger partial charge in [0.25, 0.3) is 0 Å². The third-order valence-corrected chi connectivity index (χ3v) is 5.58. The van der Waals surface area contributed by atoms with Gasteiger partial charge in [-0.25, -0.2) is 4.98 Å². The summed E-state index contributed by atoms with van der Waals surface area (Å²) >= 11 is 1.95. The van der Waals surface area contributed by atoms with Crippen molar-refractivity contribution >= 4 is 11.3 Å². The molecule has 118 valence electrons. The summed E-state index contributed by atoms with van der Waals surface area (Å²) in [6, 6.07) is 0.788. The Labute approximate surface area is 133 Å². The van der Waals surface area contributed by atoms with Crippen LogP contribution in [0, 0.1) is 0 Å². The monoisotopic (exact) mass is 307 g/mol. The van der Waals surface area contributed by atoms with Crippen molar-refractivity contribution in [3.63, 3.8) is 0 Å². The fourth-order valence-corrected chi connectivity index (χ4v) is 4.19. The van der Waals surface area contributed by atoms with Gasteiger partial charge in [-0.3, -0.25) is 4.90 Å². The summed E-state index contributed by atoms with van der Waals surface area (Å²) in [5.41, 5.74) is 1.36. The van der Waals surface area contributed by atoms with Crippen molar-refractivity contribution in [3.05, 3.63) is 15.6 Å². The molecular formula is C17H29N3S. The first-order valence-corrected chi connectivity index (χ1v) is 9.60. The van der Waals surface area contributed by atoms with Crippen molar-refractivity contribution in [2.24, 2.45) is 0 Å². The zero-order valence-electron chi connectivity index (χ0n) is 13.4. The molecule has 2 heterocycles. The summed E-state index contributed by atoms with van der Waals surface area (Å²) in [7, 11) is 0. The maximum absolute atomic E-state index is 4.96. The standard InChI is InChI=1S/C17H29N3S/c1-2-7-15-16(12-18-14-8-9-14)21-17(19-15)13-20-10-5-3-4-6-11-20/h14,18H,2-13H2,1H3. The van der Waals surface area contributed by atoms with E-state index in [2.05, 4.69) is 17.1 Å². The van der Waals surface area contributed by atoms with Crippen LogP contribution >= 0.6 is 11.3 Å². The average molecular weight is 308 g/mol. The van der Waals surface area contributed by atoms with Crippen molar-refractivity contribution in [2.45, 2.75) is 77.4 Å². The van der Waals surface area contributed by atoms with Crippen LogP contribution in [0.4, 0.5) is 0 Å². The summed E-state index contributed by atoms with van der Waals surface area (Å²) in [4.78, 5) is 9.06. The van der Waals surface area contributed by atoms with Gasteiger partial charge < -0.3 is 5.32 Å². The van der Waals surface area contributed by atoms with E-state index in [4.69, 9.17) is 4.98 Å². The molecule has 2 aliphatic rings. The lowest BCUT2D eigenvalue weighted by atomic mass is 10.2. The summed E-state index contributed by atoms with van der Waals surface area (Å²) in [5.74, 6) is 0. The predicted octanol–water partition coefficient (Wildman–Crippen LogP) is 3.72. The highest BCUT2D eigenvalue weighted by molar-refractivity contribution is 7.11. The summed E-state index contributed by atoms with van der Waals surface area (Å²) in [6.07, 6.45) is 10.6. The molecule has 0 aromatic carbocycles. The molecule has 1 N–H and O–H groups in total. The van der Waals surface area contributed by atoms with Gasteiger partial charge in [-0.15, -0.1) is 11.3 Å². The number of nitrogens with zero attached hydrogens (tertiary/aromatic N) is 2. The minimum Gasteiger partial charge on any atom is -0.309 e. The molecule has 0 bridgehead atoms. The van der Waals surface area contributed by atoms with Gasteiger partial charge in [-0.2, -0.15) is 0 Å². The Kier molecular flexibility index (Phi) is 5.67. The highest BCUT2D eigenvalue weighted by atomic mass is 32.1. The Balaban J connectivity index is 1.61. The number of rotatable bonds is 7. The van der Waals surface area contributed by atoms with Gasteiger partial charge in [-0.1, -0.05) is 26.2 Å². The van der Waals surface area contributed by atoms with Gasteiger partial charge in [0, 0.05) is 17.5 Å². The lowest BCUT2D eigenvalue weighted by Gasteiger charge is -2.17. The van der Waals surface area contributed by atoms with E-state index in [1.807, 2.05) is 11.3 Å². The van der Waals surface area contributed by atoms with Crippen LogP contribution in [0.15, 0.2) is 0 Å². The molecular weight excluding hydrogens is 278 g/mol. The van der Waals surface area contributed by atoms with E-state index in [0.717, 1.165) is 25.6 Å². The number of nitrogens with one attached hydrogen (secondary N) is 1. The van der Waals surface area contributed by atoms with Crippen LogP contribution in [0.25, 0.3) is 0 Å². The third kappa shape index (κ3) is 4.76. The van der Waals surface area contributed by atoms with Crippen LogP contribution in [0.1, 0.15) is 67.4 Å². The van der Waals surface area contributed by atoms with Gasteiger partial charge in [0.2, 0.25) is 0 Å². The highest BCUT2D eigenvalue weighted by Gasteiger charge is 2.22. The molecule has 3 rings (SSSR count). The maximum Gasteiger partial charge on any atom is 0.107 e. The minimum atomic E-state index is 0.788. The normalized spacial score (nSPS) is 20.6. The molecule has 1 aromatic rings. The highest BCUT2D eigenvalue weighted by Crippen LogP contribution is 2.25. The lowest BCUT2D eigenvalue weighted by Crippen LogP contribution is -2.23. The molecule has 0 unspecified atom stereocenters. The van der Waals surface area contributed by atoms with Crippen LogP contribution in [0.3, 0.4) is 0 Å². The second kappa shape index (κ2) is 7.70. The van der Waals surface area contributed by atoms with Gasteiger partial charge in [0.05, 0.1) is 12.2 Å². The van der Waals surface area contributed by atoms with Crippen molar-refractivity contribution in [2.75, 3.05) is 13.1 Å². The van der Waals surface area contributed by atoms with Crippen LogP contribution in [-0.4, -0.2) is 29.0 Å². The Morgan fingerprint density at radius 1 is 1.19 bits per heavy atom. The Morgan fingerprint density at radius 3 is 2.62 bits per heavy atom. The molecule has 0 radical (unpaired) electrons. The van der Waals surface area contributed by atoms with E-state index >= 15 is 0 Å². The Morgan fingerprint density at radius 2 is 1.95 bits per heavy atom. The molecule has 1 saturated heterocycles. The summed E-state index contributed by atoms with van der Waals surface area (Å²) in [6.45, 7) is 6.89. The maximum atomic E-state index is 4.96. The van der Waals surface area contributed by atoms with Crippen molar-refractivity contribution in [1.82, 2.24) is 15.2 Å². The zero-order valence-corrected chi connectivity index (χ0v) is 14.2. The molecule has 1 aromatic heterocycles. The van der Waals surface area contributed by atoms with E-state index in [9.17, 15) is 0 Å². The first-order valence-electron chi connectivity index (χ1n) is 8.78. The molecule has 2 fully saturated rings. The second-order valence-corrected chi connectivity index (χ2v) is 7.74. The van der Waals surface area contributed by atoms with E-state index < -0.39 is 0 Å². The molecule has 3 nitrogen and oxygen atoms in total. The Hall–Kier alpha value is -0.450. The second-order valence-electron chi connectivity index (χ2n) is 6.57. The number of likely N-dealkylation sites (tertiary alicyclic amines) is 1. The molecule has 1 aliphatic carbocycles. The van der Waals surface area contributed by atoms with Crippen LogP contribution in [0.2, 0.25) is 0 Å². The Bertz CT molecular complexity index is 431. The topological polar surface area (TPSA) is 28.2 Å². The smallest absolute Gasteiger partial charge is 0.107 e. The average Bonchev–Trinajstić information content (AvgIpc) is 3.26. The molecule has 0 amide bonds.